The zero-order chi connectivity index (χ0) is 66.9. The van der Waals surface area contributed by atoms with Gasteiger partial charge < -0.3 is 28.4 Å². The Morgan fingerprint density at radius 1 is 0.275 bits per heavy atom. The summed E-state index contributed by atoms with van der Waals surface area (Å²) in [4.78, 5) is 0. The van der Waals surface area contributed by atoms with Crippen LogP contribution in [0.4, 0.5) is 0 Å². The van der Waals surface area contributed by atoms with Crippen molar-refractivity contribution in [3.63, 3.8) is 0 Å². The van der Waals surface area contributed by atoms with Gasteiger partial charge in [0.05, 0.1) is 0 Å². The van der Waals surface area contributed by atoms with E-state index in [4.69, 9.17) is 9.47 Å². The Bertz CT molecular complexity index is 2370. The van der Waals surface area contributed by atoms with Crippen LogP contribution >= 0.6 is 0 Å². The van der Waals surface area contributed by atoms with E-state index < -0.39 is 0 Å². The molecule has 0 heterocycles. The van der Waals surface area contributed by atoms with Crippen molar-refractivity contribution in [3.05, 3.63) is 288 Å². The van der Waals surface area contributed by atoms with E-state index in [0.717, 1.165) is 34.5 Å². The molecule has 0 atom stereocenters. The highest BCUT2D eigenvalue weighted by molar-refractivity contribution is 5.16. The van der Waals surface area contributed by atoms with E-state index in [1.165, 1.54) is 71.9 Å². The molecule has 8 bridgehead atoms. The van der Waals surface area contributed by atoms with Crippen LogP contribution in [-0.2, 0) is 28.4 Å². The van der Waals surface area contributed by atoms with Gasteiger partial charge in [-0.25, -0.2) is 0 Å². The first kappa shape index (κ1) is 80.6. The number of rotatable bonds is 4. The van der Waals surface area contributed by atoms with E-state index in [1.54, 1.807) is 74.8 Å². The SMILES string of the molecule is CC12CC3CC(C1)CC(C)(C3)C2.COC.COC.COC1(OC)C2CC3CC(C2)CC1C3.COCOC.Cc1ccccc1.Cc1ccccc1.Cc1ccccc1.Cc1ccccc1.Cc1ccccc1.Cc1ccccc1.c1ccccc1.c1ccccc1. The lowest BCUT2D eigenvalue weighted by Crippen LogP contribution is -2.59. The number of aryl methyl sites for hydroxylation is 6. The average Bonchev–Trinajstić information content (AvgIpc) is 0.753. The standard InChI is InChI=1S/C12H20O2.C12H20.6C7H8.2C6H6.C3H8O2.2C2H6O/c1-13-12(14-2)10-4-8-3-9(6-10)7-11(12)5-8;1-11-4-9-3-10(5-11)7-12(2,6-9)8-11;6*1-7-5-3-2-4-6-7;2*1-2-4-6-5-3-1;1-4-3-5-2;2*1-3-2/h8-11H,3-7H2,1-2H3;9-10H,3-8H2,1-2H3;6*2-6H,1H3;2*1-6H;3H2,1-2H3;2*1-2H3. The molecular formula is C85H120O6. The van der Waals surface area contributed by atoms with Crippen LogP contribution in [0.2, 0.25) is 0 Å². The van der Waals surface area contributed by atoms with Crippen LogP contribution in [0, 0.1) is 87.9 Å². The fraction of sp³-hybridized carbons (Fsp3) is 0.435. The van der Waals surface area contributed by atoms with E-state index in [0.29, 0.717) is 18.6 Å². The Hall–Kier alpha value is -6.48. The minimum Gasteiger partial charge on any atom is -0.388 e. The van der Waals surface area contributed by atoms with Crippen LogP contribution in [0.3, 0.4) is 0 Å². The van der Waals surface area contributed by atoms with Crippen molar-refractivity contribution in [2.75, 3.05) is 63.7 Å². The van der Waals surface area contributed by atoms with E-state index in [9.17, 15) is 0 Å². The number of benzene rings is 8. The van der Waals surface area contributed by atoms with Crippen molar-refractivity contribution in [1.29, 1.82) is 0 Å². The van der Waals surface area contributed by atoms with Crippen molar-refractivity contribution in [1.82, 2.24) is 0 Å². The molecule has 8 aromatic rings. The highest BCUT2D eigenvalue weighted by atomic mass is 16.7. The van der Waals surface area contributed by atoms with Crippen molar-refractivity contribution >= 4 is 0 Å². The van der Waals surface area contributed by atoms with Gasteiger partial charge in [-0.3, -0.25) is 0 Å². The molecule has 0 radical (unpaired) electrons. The zero-order valence-corrected chi connectivity index (χ0v) is 59.1. The summed E-state index contributed by atoms with van der Waals surface area (Å²) < 4.78 is 28.9. The second kappa shape index (κ2) is 49.2. The number of hydrogen-bond acceptors (Lipinski definition) is 6. The quantitative estimate of drug-likeness (QED) is 0.164. The van der Waals surface area contributed by atoms with Gasteiger partial charge in [-0.05, 0) is 147 Å². The molecule has 16 rings (SSSR count). The molecular weight excluding hydrogens is 1120 g/mol. The largest absolute Gasteiger partial charge is 0.388 e. The summed E-state index contributed by atoms with van der Waals surface area (Å²) in [6, 6.07) is 85.6. The molecule has 8 aliphatic carbocycles. The summed E-state index contributed by atoms with van der Waals surface area (Å²) in [5, 5.41) is 0. The summed E-state index contributed by atoms with van der Waals surface area (Å²) in [6.45, 7) is 18.0. The molecule has 0 saturated heterocycles. The van der Waals surface area contributed by atoms with Crippen LogP contribution in [0.5, 0.6) is 0 Å². The minimum absolute atomic E-state index is 0.215. The molecule has 0 aromatic heterocycles. The molecule has 496 valence electrons. The van der Waals surface area contributed by atoms with E-state index in [2.05, 4.69) is 147 Å². The zero-order valence-electron chi connectivity index (χ0n) is 59.1. The smallest absolute Gasteiger partial charge is 0.173 e. The summed E-state index contributed by atoms with van der Waals surface area (Å²) in [7, 11) is 13.3. The van der Waals surface area contributed by atoms with Crippen LogP contribution in [-0.4, -0.2) is 69.5 Å². The highest BCUT2D eigenvalue weighted by Gasteiger charge is 2.58. The van der Waals surface area contributed by atoms with Crippen LogP contribution in [0.15, 0.2) is 255 Å². The summed E-state index contributed by atoms with van der Waals surface area (Å²) in [5.41, 5.74) is 9.46. The van der Waals surface area contributed by atoms with Crippen LogP contribution in [0.25, 0.3) is 0 Å². The topological polar surface area (TPSA) is 55.4 Å². The normalized spacial score (nSPS) is 21.6. The molecule has 8 saturated carbocycles. The van der Waals surface area contributed by atoms with Gasteiger partial charge in [-0.15, -0.1) is 0 Å². The summed E-state index contributed by atoms with van der Waals surface area (Å²) in [5.74, 6) is 5.32. The Morgan fingerprint density at radius 2 is 0.451 bits per heavy atom. The van der Waals surface area contributed by atoms with Gasteiger partial charge in [-0.2, -0.15) is 0 Å². The van der Waals surface area contributed by atoms with Gasteiger partial charge in [0.2, 0.25) is 0 Å². The van der Waals surface area contributed by atoms with Gasteiger partial charge in [0, 0.05) is 68.7 Å². The van der Waals surface area contributed by atoms with Gasteiger partial charge in [0.1, 0.15) is 6.79 Å². The van der Waals surface area contributed by atoms with E-state index >= 15 is 0 Å². The fourth-order valence-corrected chi connectivity index (χ4v) is 13.9. The fourth-order valence-electron chi connectivity index (χ4n) is 13.9. The molecule has 8 aliphatic rings. The van der Waals surface area contributed by atoms with Crippen molar-refractivity contribution in [2.24, 2.45) is 46.3 Å². The Morgan fingerprint density at radius 3 is 0.582 bits per heavy atom. The maximum atomic E-state index is 5.74. The maximum absolute atomic E-state index is 5.74. The molecule has 0 N–H and O–H groups in total. The molecule has 8 fully saturated rings. The summed E-state index contributed by atoms with van der Waals surface area (Å²) in [6.07, 6.45) is 16.2. The number of methoxy groups -OCH3 is 6. The summed E-state index contributed by atoms with van der Waals surface area (Å²) >= 11 is 0. The molecule has 0 spiro atoms. The second-order valence-corrected chi connectivity index (χ2v) is 25.8. The molecule has 0 amide bonds. The maximum Gasteiger partial charge on any atom is 0.173 e. The van der Waals surface area contributed by atoms with Gasteiger partial charge in [-0.1, -0.05) is 302 Å². The molecule has 0 aliphatic heterocycles. The lowest BCUT2D eigenvalue weighted by molar-refractivity contribution is -0.319. The third-order valence-corrected chi connectivity index (χ3v) is 16.8. The first-order valence-corrected chi connectivity index (χ1v) is 32.9. The molecule has 6 heteroatoms. The van der Waals surface area contributed by atoms with Crippen LogP contribution in [0.1, 0.15) is 118 Å². The van der Waals surface area contributed by atoms with E-state index in [1.807, 2.05) is 196 Å². The van der Waals surface area contributed by atoms with Gasteiger partial charge >= 0.3 is 0 Å². The van der Waals surface area contributed by atoms with Gasteiger partial charge in [0.25, 0.3) is 0 Å². The number of hydrogen-bond donors (Lipinski definition) is 0. The second-order valence-electron chi connectivity index (χ2n) is 25.8. The lowest BCUT2D eigenvalue weighted by atomic mass is 9.45. The van der Waals surface area contributed by atoms with E-state index in [-0.39, 0.29) is 5.79 Å². The van der Waals surface area contributed by atoms with Crippen molar-refractivity contribution in [2.45, 2.75) is 132 Å². The molecule has 6 nitrogen and oxygen atoms in total. The first-order chi connectivity index (χ1) is 44.0. The predicted molar refractivity (Wildman–Crippen MR) is 389 cm³/mol. The third-order valence-electron chi connectivity index (χ3n) is 16.8. The number of ether oxygens (including phenoxy) is 6. The Labute approximate surface area is 555 Å². The monoisotopic (exact) mass is 1240 g/mol. The minimum atomic E-state index is -0.215. The van der Waals surface area contributed by atoms with Crippen LogP contribution < -0.4 is 0 Å². The average molecular weight is 1240 g/mol. The van der Waals surface area contributed by atoms with Crippen molar-refractivity contribution < 1.29 is 28.4 Å². The Kier molecular flexibility index (Phi) is 43.6. The lowest BCUT2D eigenvalue weighted by Gasteiger charge is -2.60. The molecule has 8 aromatic carbocycles. The highest BCUT2D eigenvalue weighted by Crippen LogP contribution is 2.65. The van der Waals surface area contributed by atoms with Gasteiger partial charge in [0.15, 0.2) is 5.79 Å². The third kappa shape index (κ3) is 36.4. The predicted octanol–water partition coefficient (Wildman–Crippen LogP) is 22.1. The van der Waals surface area contributed by atoms with Crippen molar-refractivity contribution in [3.8, 4) is 0 Å². The Balaban J connectivity index is 0.000000343. The molecule has 0 unspecified atom stereocenters. The molecule has 91 heavy (non-hydrogen) atoms. The first-order valence-electron chi connectivity index (χ1n) is 32.9.